The van der Waals surface area contributed by atoms with Crippen molar-refractivity contribution in [2.24, 2.45) is 0 Å². The Kier molecular flexibility index (Phi) is 5.33. The number of benzene rings is 1. The van der Waals surface area contributed by atoms with Crippen molar-refractivity contribution in [2.75, 3.05) is 13.1 Å². The Bertz CT molecular complexity index is 537. The van der Waals surface area contributed by atoms with Crippen molar-refractivity contribution >= 4 is 30.0 Å². The largest absolute Gasteiger partial charge is 0.347 e. The molecule has 0 radical (unpaired) electrons. The molecule has 2 rings (SSSR count). The van der Waals surface area contributed by atoms with Crippen molar-refractivity contribution < 1.29 is 14.0 Å². The molecular formula is C15H16ClFN2O2. The van der Waals surface area contributed by atoms with Gasteiger partial charge in [-0.1, -0.05) is 23.7 Å². The third kappa shape index (κ3) is 4.56. The van der Waals surface area contributed by atoms with E-state index in [1.54, 1.807) is 29.2 Å². The number of amides is 2. The molecule has 6 heteroatoms. The molecular weight excluding hydrogens is 295 g/mol. The quantitative estimate of drug-likeness (QED) is 0.686. The van der Waals surface area contributed by atoms with Crippen molar-refractivity contribution in [3.05, 3.63) is 40.7 Å². The van der Waals surface area contributed by atoms with Crippen LogP contribution in [0.15, 0.2) is 30.1 Å². The number of carbonyl (C=O) groups excluding carboxylic acids is 2. The second kappa shape index (κ2) is 7.22. The maximum Gasteiger partial charge on any atom is 0.280 e. The van der Waals surface area contributed by atoms with Crippen LogP contribution in [0.25, 0.3) is 6.08 Å². The van der Waals surface area contributed by atoms with Gasteiger partial charge in [0, 0.05) is 24.2 Å². The zero-order valence-electron chi connectivity index (χ0n) is 11.4. The van der Waals surface area contributed by atoms with Crippen molar-refractivity contribution in [2.45, 2.75) is 18.9 Å². The lowest BCUT2D eigenvalue weighted by molar-refractivity contribution is -0.120. The first kappa shape index (κ1) is 15.5. The summed E-state index contributed by atoms with van der Waals surface area (Å²) in [5.74, 6) is -1.57. The summed E-state index contributed by atoms with van der Waals surface area (Å²) >= 11 is 5.74. The minimum Gasteiger partial charge on any atom is -0.347 e. The molecule has 0 unspecified atom stereocenters. The summed E-state index contributed by atoms with van der Waals surface area (Å²) in [6.07, 6.45) is 3.24. The van der Waals surface area contributed by atoms with Gasteiger partial charge in [-0.3, -0.25) is 9.59 Å². The topological polar surface area (TPSA) is 49.4 Å². The van der Waals surface area contributed by atoms with Crippen LogP contribution in [-0.4, -0.2) is 36.3 Å². The van der Waals surface area contributed by atoms with E-state index in [1.807, 2.05) is 0 Å². The van der Waals surface area contributed by atoms with Crippen LogP contribution >= 0.6 is 11.6 Å². The minimum atomic E-state index is -0.838. The molecule has 1 aromatic rings. The zero-order chi connectivity index (χ0) is 15.2. The van der Waals surface area contributed by atoms with Crippen LogP contribution < -0.4 is 5.32 Å². The van der Waals surface area contributed by atoms with E-state index >= 15 is 0 Å². The van der Waals surface area contributed by atoms with Gasteiger partial charge in [0.15, 0.2) is 5.83 Å². The molecule has 1 N–H and O–H groups in total. The van der Waals surface area contributed by atoms with E-state index in [9.17, 15) is 14.0 Å². The molecule has 4 nitrogen and oxygen atoms in total. The number of rotatable bonds is 4. The number of hydrogen-bond donors (Lipinski definition) is 1. The van der Waals surface area contributed by atoms with E-state index < -0.39 is 11.7 Å². The first-order valence-corrected chi connectivity index (χ1v) is 7.09. The van der Waals surface area contributed by atoms with Crippen LogP contribution in [0.2, 0.25) is 5.02 Å². The van der Waals surface area contributed by atoms with Gasteiger partial charge in [0.2, 0.25) is 6.41 Å². The standard InChI is InChI=1S/C15H16ClFN2O2/c16-12-3-1-11(2-4-12)9-14(17)15(21)18-13-5-7-19(10-20)8-6-13/h1-4,9-10,13H,5-8H2,(H,18,21)/b14-9-. The summed E-state index contributed by atoms with van der Waals surface area (Å²) in [6, 6.07) is 6.44. The van der Waals surface area contributed by atoms with E-state index in [2.05, 4.69) is 5.32 Å². The summed E-state index contributed by atoms with van der Waals surface area (Å²) in [4.78, 5) is 24.0. The molecule has 0 saturated carbocycles. The predicted molar refractivity (Wildman–Crippen MR) is 79.3 cm³/mol. The SMILES string of the molecule is O=CN1CCC(NC(=O)/C(F)=C/c2ccc(Cl)cc2)CC1. The molecule has 112 valence electrons. The fourth-order valence-corrected chi connectivity index (χ4v) is 2.30. The minimum absolute atomic E-state index is 0.0990. The molecule has 2 amide bonds. The van der Waals surface area contributed by atoms with Crippen LogP contribution in [0.5, 0.6) is 0 Å². The number of carbonyl (C=O) groups is 2. The van der Waals surface area contributed by atoms with Gasteiger partial charge in [0.05, 0.1) is 0 Å². The normalized spacial score (nSPS) is 16.7. The summed E-state index contributed by atoms with van der Waals surface area (Å²) in [6.45, 7) is 1.16. The van der Waals surface area contributed by atoms with Gasteiger partial charge in [0.1, 0.15) is 0 Å². The molecule has 1 saturated heterocycles. The zero-order valence-corrected chi connectivity index (χ0v) is 12.1. The number of nitrogens with one attached hydrogen (secondary N) is 1. The number of halogens is 2. The summed E-state index contributed by atoms with van der Waals surface area (Å²) < 4.78 is 13.8. The van der Waals surface area contributed by atoms with Crippen molar-refractivity contribution in [1.82, 2.24) is 10.2 Å². The van der Waals surface area contributed by atoms with Crippen LogP contribution in [-0.2, 0) is 9.59 Å². The van der Waals surface area contributed by atoms with Gasteiger partial charge in [0.25, 0.3) is 5.91 Å². The molecule has 0 atom stereocenters. The number of likely N-dealkylation sites (tertiary alicyclic amines) is 1. The van der Waals surface area contributed by atoms with E-state index in [-0.39, 0.29) is 6.04 Å². The van der Waals surface area contributed by atoms with Crippen molar-refractivity contribution in [1.29, 1.82) is 0 Å². The lowest BCUT2D eigenvalue weighted by Gasteiger charge is -2.29. The molecule has 21 heavy (non-hydrogen) atoms. The van der Waals surface area contributed by atoms with Crippen LogP contribution in [0.3, 0.4) is 0 Å². The molecule has 0 spiro atoms. The predicted octanol–water partition coefficient (Wildman–Crippen LogP) is 2.39. The monoisotopic (exact) mass is 310 g/mol. The third-order valence-electron chi connectivity index (χ3n) is 3.39. The van der Waals surface area contributed by atoms with Crippen LogP contribution in [0.4, 0.5) is 4.39 Å². The van der Waals surface area contributed by atoms with Crippen molar-refractivity contribution in [3.63, 3.8) is 0 Å². The lowest BCUT2D eigenvalue weighted by Crippen LogP contribution is -2.44. The highest BCUT2D eigenvalue weighted by molar-refractivity contribution is 6.30. The number of hydrogen-bond acceptors (Lipinski definition) is 2. The van der Waals surface area contributed by atoms with Gasteiger partial charge in [-0.05, 0) is 36.6 Å². The van der Waals surface area contributed by atoms with Gasteiger partial charge in [-0.25, -0.2) is 4.39 Å². The lowest BCUT2D eigenvalue weighted by atomic mass is 10.1. The average molecular weight is 311 g/mol. The molecule has 1 aliphatic rings. The molecule has 1 heterocycles. The fourth-order valence-electron chi connectivity index (χ4n) is 2.17. The second-order valence-corrected chi connectivity index (χ2v) is 5.37. The van der Waals surface area contributed by atoms with Crippen LogP contribution in [0.1, 0.15) is 18.4 Å². The van der Waals surface area contributed by atoms with Crippen molar-refractivity contribution in [3.8, 4) is 0 Å². The Morgan fingerprint density at radius 3 is 2.48 bits per heavy atom. The first-order valence-electron chi connectivity index (χ1n) is 6.71. The maximum atomic E-state index is 13.8. The summed E-state index contributed by atoms with van der Waals surface area (Å²) in [5.41, 5.74) is 0.572. The van der Waals surface area contributed by atoms with E-state index in [4.69, 9.17) is 11.6 Å². The third-order valence-corrected chi connectivity index (χ3v) is 3.65. The van der Waals surface area contributed by atoms with E-state index in [0.29, 0.717) is 36.5 Å². The molecule has 1 fully saturated rings. The average Bonchev–Trinajstić information content (AvgIpc) is 2.50. The molecule has 1 aliphatic heterocycles. The highest BCUT2D eigenvalue weighted by Gasteiger charge is 2.21. The van der Waals surface area contributed by atoms with Gasteiger partial charge in [-0.15, -0.1) is 0 Å². The van der Waals surface area contributed by atoms with E-state index in [1.165, 1.54) is 6.08 Å². The highest BCUT2D eigenvalue weighted by atomic mass is 35.5. The van der Waals surface area contributed by atoms with Gasteiger partial charge < -0.3 is 10.2 Å². The first-order chi connectivity index (χ1) is 10.1. The summed E-state index contributed by atoms with van der Waals surface area (Å²) in [5, 5.41) is 3.20. The maximum absolute atomic E-state index is 13.8. The second-order valence-electron chi connectivity index (χ2n) is 4.93. The highest BCUT2D eigenvalue weighted by Crippen LogP contribution is 2.14. The number of piperidine rings is 1. The summed E-state index contributed by atoms with van der Waals surface area (Å²) in [7, 11) is 0. The van der Waals surface area contributed by atoms with Gasteiger partial charge in [-0.2, -0.15) is 0 Å². The van der Waals surface area contributed by atoms with Crippen LogP contribution in [0, 0.1) is 0 Å². The number of nitrogens with zero attached hydrogens (tertiary/aromatic N) is 1. The Morgan fingerprint density at radius 1 is 1.29 bits per heavy atom. The van der Waals surface area contributed by atoms with Gasteiger partial charge >= 0.3 is 0 Å². The Labute approximate surface area is 127 Å². The molecule has 0 bridgehead atoms. The molecule has 0 aliphatic carbocycles. The smallest absolute Gasteiger partial charge is 0.280 e. The van der Waals surface area contributed by atoms with E-state index in [0.717, 1.165) is 6.41 Å². The molecule has 0 aromatic heterocycles. The Balaban J connectivity index is 1.90. The molecule has 1 aromatic carbocycles. The Hall–Kier alpha value is -1.88. The Morgan fingerprint density at radius 2 is 1.90 bits per heavy atom. The fraction of sp³-hybridized carbons (Fsp3) is 0.333.